The van der Waals surface area contributed by atoms with Crippen molar-refractivity contribution in [2.45, 2.75) is 45.3 Å². The van der Waals surface area contributed by atoms with Crippen molar-refractivity contribution in [3.8, 4) is 0 Å². The summed E-state index contributed by atoms with van der Waals surface area (Å²) in [6, 6.07) is 5.99. The number of para-hydroxylation sites is 1. The van der Waals surface area contributed by atoms with Crippen LogP contribution in [-0.2, 0) is 4.74 Å². The lowest BCUT2D eigenvalue weighted by Crippen LogP contribution is -2.48. The summed E-state index contributed by atoms with van der Waals surface area (Å²) in [6.45, 7) is 6.02. The molecule has 134 valence electrons. The van der Waals surface area contributed by atoms with Gasteiger partial charge >= 0.3 is 0 Å². The molecule has 2 N–H and O–H groups in total. The van der Waals surface area contributed by atoms with Crippen molar-refractivity contribution in [1.29, 1.82) is 0 Å². The van der Waals surface area contributed by atoms with Crippen LogP contribution >= 0.6 is 0 Å². The molecule has 2 saturated heterocycles. The number of hydrogen-bond acceptors (Lipinski definition) is 3. The number of likely N-dealkylation sites (tertiary alicyclic amines) is 1. The average molecular weight is 342 g/mol. The van der Waals surface area contributed by atoms with E-state index >= 15 is 0 Å². The fourth-order valence-electron chi connectivity index (χ4n) is 4.42. The van der Waals surface area contributed by atoms with Crippen molar-refractivity contribution in [3.05, 3.63) is 35.0 Å². The number of nitrogens with zero attached hydrogens (tertiary/aromatic N) is 1. The number of carbonyl (C=O) groups excluding carboxylic acids is 1. The predicted molar refractivity (Wildman–Crippen MR) is 96.8 cm³/mol. The first-order valence-corrected chi connectivity index (χ1v) is 9.22. The van der Waals surface area contributed by atoms with Gasteiger partial charge < -0.3 is 19.7 Å². The number of aromatic amines is 1. The predicted octanol–water partition coefficient (Wildman–Crippen LogP) is 2.79. The molecule has 25 heavy (non-hydrogen) atoms. The zero-order valence-corrected chi connectivity index (χ0v) is 14.9. The number of nitrogens with one attached hydrogen (secondary N) is 1. The van der Waals surface area contributed by atoms with E-state index < -0.39 is 0 Å². The molecule has 2 aliphatic rings. The Morgan fingerprint density at radius 2 is 2.16 bits per heavy atom. The lowest BCUT2D eigenvalue weighted by Gasteiger charge is -2.37. The van der Waals surface area contributed by atoms with E-state index in [1.807, 2.05) is 24.0 Å². The number of rotatable bonds is 2. The fourth-order valence-corrected chi connectivity index (χ4v) is 4.42. The second kappa shape index (κ2) is 6.46. The topological polar surface area (TPSA) is 65.6 Å². The normalized spacial score (nSPS) is 27.2. The standard InChI is InChI=1S/C20H26N2O3/c1-12-13(2)21-19-14(12)5-3-6-15(19)20(24)22-9-4-7-17(22)16-11-25-10-8-18(16)23/h3,5-6,16-18,21,23H,4,7-11H2,1-2H3/t16-,17+,18-/m0/s1. The summed E-state index contributed by atoms with van der Waals surface area (Å²) in [7, 11) is 0. The van der Waals surface area contributed by atoms with Crippen molar-refractivity contribution >= 4 is 16.8 Å². The minimum absolute atomic E-state index is 0.0199. The van der Waals surface area contributed by atoms with Crippen molar-refractivity contribution in [2.24, 2.45) is 5.92 Å². The molecule has 0 radical (unpaired) electrons. The van der Waals surface area contributed by atoms with Gasteiger partial charge in [-0.2, -0.15) is 0 Å². The number of fused-ring (bicyclic) bond motifs is 1. The Balaban J connectivity index is 1.67. The molecule has 1 amide bonds. The monoisotopic (exact) mass is 342 g/mol. The number of ether oxygens (including phenoxy) is 1. The van der Waals surface area contributed by atoms with Gasteiger partial charge in [-0.1, -0.05) is 12.1 Å². The number of carbonyl (C=O) groups is 1. The highest BCUT2D eigenvalue weighted by molar-refractivity contribution is 6.06. The molecule has 2 aromatic rings. The highest BCUT2D eigenvalue weighted by Gasteiger charge is 2.40. The molecule has 0 saturated carbocycles. The van der Waals surface area contributed by atoms with Gasteiger partial charge in [-0.05, 0) is 44.7 Å². The fraction of sp³-hybridized carbons (Fsp3) is 0.550. The lowest BCUT2D eigenvalue weighted by atomic mass is 9.89. The van der Waals surface area contributed by atoms with Crippen LogP contribution in [0.1, 0.15) is 40.9 Å². The van der Waals surface area contributed by atoms with Crippen molar-refractivity contribution < 1.29 is 14.6 Å². The van der Waals surface area contributed by atoms with Crippen LogP contribution in [0, 0.1) is 19.8 Å². The van der Waals surface area contributed by atoms with Crippen LogP contribution < -0.4 is 0 Å². The number of hydrogen-bond donors (Lipinski definition) is 2. The molecule has 2 fully saturated rings. The molecule has 1 aromatic carbocycles. The number of aromatic nitrogens is 1. The first-order chi connectivity index (χ1) is 12.1. The van der Waals surface area contributed by atoms with Gasteiger partial charge in [0.05, 0.1) is 23.8 Å². The van der Waals surface area contributed by atoms with E-state index in [0.29, 0.717) is 19.6 Å². The molecule has 0 unspecified atom stereocenters. The maximum atomic E-state index is 13.3. The summed E-state index contributed by atoms with van der Waals surface area (Å²) in [4.78, 5) is 18.7. The quantitative estimate of drug-likeness (QED) is 0.882. The van der Waals surface area contributed by atoms with E-state index in [4.69, 9.17) is 4.74 Å². The van der Waals surface area contributed by atoms with Crippen LogP contribution in [0.5, 0.6) is 0 Å². The van der Waals surface area contributed by atoms with E-state index in [1.165, 1.54) is 5.56 Å². The van der Waals surface area contributed by atoms with E-state index in [9.17, 15) is 9.90 Å². The molecular weight excluding hydrogens is 316 g/mol. The maximum Gasteiger partial charge on any atom is 0.256 e. The summed E-state index contributed by atoms with van der Waals surface area (Å²) in [5.41, 5.74) is 3.95. The Bertz CT molecular complexity index is 798. The molecule has 0 spiro atoms. The van der Waals surface area contributed by atoms with Crippen LogP contribution in [0.2, 0.25) is 0 Å². The smallest absolute Gasteiger partial charge is 0.256 e. The third-order valence-corrected chi connectivity index (χ3v) is 5.99. The number of amides is 1. The molecule has 5 nitrogen and oxygen atoms in total. The number of H-pyrrole nitrogens is 1. The Morgan fingerprint density at radius 1 is 1.32 bits per heavy atom. The van der Waals surface area contributed by atoms with Crippen LogP contribution in [0.4, 0.5) is 0 Å². The van der Waals surface area contributed by atoms with Crippen LogP contribution in [0.3, 0.4) is 0 Å². The number of aliphatic hydroxyl groups is 1. The van der Waals surface area contributed by atoms with Gasteiger partial charge in [0.15, 0.2) is 0 Å². The first kappa shape index (κ1) is 16.6. The van der Waals surface area contributed by atoms with Crippen LogP contribution in [-0.4, -0.2) is 52.8 Å². The van der Waals surface area contributed by atoms with Gasteiger partial charge in [0.2, 0.25) is 0 Å². The minimum atomic E-state index is -0.377. The molecule has 0 aliphatic carbocycles. The largest absolute Gasteiger partial charge is 0.393 e. The van der Waals surface area contributed by atoms with Crippen LogP contribution in [0.15, 0.2) is 18.2 Å². The van der Waals surface area contributed by atoms with Crippen molar-refractivity contribution in [1.82, 2.24) is 9.88 Å². The molecule has 1 aromatic heterocycles. The zero-order chi connectivity index (χ0) is 17.6. The lowest BCUT2D eigenvalue weighted by molar-refractivity contribution is -0.0589. The Hall–Kier alpha value is -1.85. The maximum absolute atomic E-state index is 13.3. The summed E-state index contributed by atoms with van der Waals surface area (Å²) < 4.78 is 5.58. The van der Waals surface area contributed by atoms with Crippen molar-refractivity contribution in [2.75, 3.05) is 19.8 Å². The second-order valence-electron chi connectivity index (χ2n) is 7.41. The SMILES string of the molecule is Cc1[nH]c2c(C(=O)N3CCC[C@@H]3[C@@H]3COCC[C@@H]3O)cccc2c1C. The van der Waals surface area contributed by atoms with Gasteiger partial charge in [-0.15, -0.1) is 0 Å². The van der Waals surface area contributed by atoms with Gasteiger partial charge in [-0.3, -0.25) is 4.79 Å². The molecule has 3 atom stereocenters. The minimum Gasteiger partial charge on any atom is -0.393 e. The van der Waals surface area contributed by atoms with Gasteiger partial charge in [0, 0.05) is 36.2 Å². The summed E-state index contributed by atoms with van der Waals surface area (Å²) in [5.74, 6) is 0.0821. The molecule has 5 heteroatoms. The average Bonchev–Trinajstić information content (AvgIpc) is 3.20. The molecule has 2 aliphatic heterocycles. The second-order valence-corrected chi connectivity index (χ2v) is 7.41. The number of aliphatic hydroxyl groups excluding tert-OH is 1. The molecule has 0 bridgehead atoms. The highest BCUT2D eigenvalue weighted by atomic mass is 16.5. The third-order valence-electron chi connectivity index (χ3n) is 5.99. The Labute approximate surface area is 148 Å². The molecule has 4 rings (SSSR count). The summed E-state index contributed by atoms with van der Waals surface area (Å²) in [5, 5.41) is 11.5. The van der Waals surface area contributed by atoms with E-state index in [1.54, 1.807) is 0 Å². The number of benzene rings is 1. The van der Waals surface area contributed by atoms with Crippen molar-refractivity contribution in [3.63, 3.8) is 0 Å². The highest BCUT2D eigenvalue weighted by Crippen LogP contribution is 2.32. The van der Waals surface area contributed by atoms with Gasteiger partial charge in [0.1, 0.15) is 0 Å². The van der Waals surface area contributed by atoms with E-state index in [2.05, 4.69) is 18.0 Å². The first-order valence-electron chi connectivity index (χ1n) is 9.22. The van der Waals surface area contributed by atoms with E-state index in [0.717, 1.165) is 41.5 Å². The van der Waals surface area contributed by atoms with Gasteiger partial charge in [0.25, 0.3) is 5.91 Å². The Kier molecular flexibility index (Phi) is 4.29. The summed E-state index contributed by atoms with van der Waals surface area (Å²) >= 11 is 0. The Morgan fingerprint density at radius 3 is 2.96 bits per heavy atom. The third kappa shape index (κ3) is 2.75. The van der Waals surface area contributed by atoms with Crippen LogP contribution in [0.25, 0.3) is 10.9 Å². The number of aryl methyl sites for hydroxylation is 2. The molecule has 3 heterocycles. The van der Waals surface area contributed by atoms with E-state index in [-0.39, 0.29) is 24.0 Å². The zero-order valence-electron chi connectivity index (χ0n) is 14.9. The molecular formula is C20H26N2O3. The van der Waals surface area contributed by atoms with Gasteiger partial charge in [-0.25, -0.2) is 0 Å². The summed E-state index contributed by atoms with van der Waals surface area (Å²) in [6.07, 6.45) is 2.21.